The maximum atomic E-state index is 5.35. The average Bonchev–Trinajstić information content (AvgIpc) is 2.86. The van der Waals surface area contributed by atoms with Crippen molar-refractivity contribution >= 4 is 34.4 Å². The topological polar surface area (TPSA) is 37.0 Å². The number of hydrogen-bond donors (Lipinski definition) is 2. The first kappa shape index (κ1) is 15.9. The highest BCUT2D eigenvalue weighted by Crippen LogP contribution is 2.24. The van der Waals surface area contributed by atoms with Crippen molar-refractivity contribution in [2.45, 2.75) is 39.7 Å². The van der Waals surface area contributed by atoms with E-state index in [1.165, 1.54) is 0 Å². The molecule has 1 heterocycles. The SMILES string of the molecule is CCC[C@@H](C)NC(=S)Nc1cccc(-c2csc(C)n2)c1. The van der Waals surface area contributed by atoms with Gasteiger partial charge in [-0.15, -0.1) is 11.3 Å². The first-order chi connectivity index (χ1) is 10.1. The third-order valence-corrected chi connectivity index (χ3v) is 4.13. The average molecular weight is 319 g/mol. The Balaban J connectivity index is 2.03. The second-order valence-electron chi connectivity index (χ2n) is 5.12. The monoisotopic (exact) mass is 319 g/mol. The zero-order valence-electron chi connectivity index (χ0n) is 12.6. The number of hydrogen-bond acceptors (Lipinski definition) is 3. The number of thiazole rings is 1. The molecule has 0 amide bonds. The third-order valence-electron chi connectivity index (χ3n) is 3.13. The van der Waals surface area contributed by atoms with Gasteiger partial charge in [-0.25, -0.2) is 4.98 Å². The minimum Gasteiger partial charge on any atom is -0.360 e. The number of nitrogens with one attached hydrogen (secondary N) is 2. The van der Waals surface area contributed by atoms with Crippen LogP contribution in [0.1, 0.15) is 31.7 Å². The van der Waals surface area contributed by atoms with Crippen molar-refractivity contribution in [1.29, 1.82) is 0 Å². The van der Waals surface area contributed by atoms with Crippen LogP contribution < -0.4 is 10.6 Å². The molecule has 1 aromatic carbocycles. The van der Waals surface area contributed by atoms with E-state index in [0.29, 0.717) is 11.2 Å². The number of nitrogens with zero attached hydrogens (tertiary/aromatic N) is 1. The number of aryl methyl sites for hydroxylation is 1. The number of thiocarbonyl (C=S) groups is 1. The Bertz CT molecular complexity index is 607. The van der Waals surface area contributed by atoms with Gasteiger partial charge in [-0.2, -0.15) is 0 Å². The second-order valence-corrected chi connectivity index (χ2v) is 6.59. The van der Waals surface area contributed by atoms with Gasteiger partial charge in [-0.1, -0.05) is 25.5 Å². The van der Waals surface area contributed by atoms with Gasteiger partial charge in [0.15, 0.2) is 5.11 Å². The maximum Gasteiger partial charge on any atom is 0.170 e. The number of aromatic nitrogens is 1. The van der Waals surface area contributed by atoms with Gasteiger partial charge >= 0.3 is 0 Å². The smallest absolute Gasteiger partial charge is 0.170 e. The lowest BCUT2D eigenvalue weighted by molar-refractivity contribution is 0.599. The molecule has 0 saturated heterocycles. The Hall–Kier alpha value is -1.46. The molecule has 0 saturated carbocycles. The fourth-order valence-electron chi connectivity index (χ4n) is 2.15. The molecular formula is C16H21N3S2. The van der Waals surface area contributed by atoms with Crippen LogP contribution in [0.3, 0.4) is 0 Å². The predicted octanol–water partition coefficient (Wildman–Crippen LogP) is 4.59. The van der Waals surface area contributed by atoms with Crippen molar-refractivity contribution in [3.63, 3.8) is 0 Å². The molecule has 0 unspecified atom stereocenters. The Morgan fingerprint density at radius 3 is 2.90 bits per heavy atom. The minimum absolute atomic E-state index is 0.388. The first-order valence-electron chi connectivity index (χ1n) is 7.18. The lowest BCUT2D eigenvalue weighted by Crippen LogP contribution is -2.35. The molecule has 0 aliphatic heterocycles. The molecule has 0 bridgehead atoms. The third kappa shape index (κ3) is 4.79. The van der Waals surface area contributed by atoms with Crippen LogP contribution in [-0.4, -0.2) is 16.1 Å². The summed E-state index contributed by atoms with van der Waals surface area (Å²) in [6, 6.07) is 8.56. The minimum atomic E-state index is 0.388. The highest BCUT2D eigenvalue weighted by molar-refractivity contribution is 7.80. The van der Waals surface area contributed by atoms with Crippen molar-refractivity contribution < 1.29 is 0 Å². The Kier molecular flexibility index (Phi) is 5.70. The van der Waals surface area contributed by atoms with E-state index in [-0.39, 0.29) is 0 Å². The van der Waals surface area contributed by atoms with E-state index in [1.54, 1.807) is 11.3 Å². The van der Waals surface area contributed by atoms with Crippen LogP contribution in [0, 0.1) is 6.92 Å². The zero-order chi connectivity index (χ0) is 15.2. The number of rotatable bonds is 5. The van der Waals surface area contributed by atoms with Gasteiger partial charge < -0.3 is 10.6 Å². The summed E-state index contributed by atoms with van der Waals surface area (Å²) >= 11 is 7.02. The molecule has 0 spiro atoms. The Morgan fingerprint density at radius 2 is 2.24 bits per heavy atom. The zero-order valence-corrected chi connectivity index (χ0v) is 14.3. The molecule has 21 heavy (non-hydrogen) atoms. The van der Waals surface area contributed by atoms with E-state index in [4.69, 9.17) is 12.2 Å². The summed E-state index contributed by atoms with van der Waals surface area (Å²) in [5.41, 5.74) is 3.10. The van der Waals surface area contributed by atoms with Gasteiger partial charge in [-0.05, 0) is 44.6 Å². The van der Waals surface area contributed by atoms with Crippen molar-refractivity contribution in [3.8, 4) is 11.3 Å². The van der Waals surface area contributed by atoms with E-state index < -0.39 is 0 Å². The summed E-state index contributed by atoms with van der Waals surface area (Å²) < 4.78 is 0. The van der Waals surface area contributed by atoms with E-state index in [2.05, 4.69) is 47.0 Å². The van der Waals surface area contributed by atoms with Crippen LogP contribution in [0.25, 0.3) is 11.3 Å². The van der Waals surface area contributed by atoms with Crippen LogP contribution in [-0.2, 0) is 0 Å². The van der Waals surface area contributed by atoms with E-state index >= 15 is 0 Å². The second kappa shape index (κ2) is 7.52. The standard InChI is InChI=1S/C16H21N3S2/c1-4-6-11(2)17-16(20)19-14-8-5-7-13(9-14)15-10-21-12(3)18-15/h5,7-11H,4,6H2,1-3H3,(H2,17,19,20)/t11-/m1/s1. The molecule has 2 rings (SSSR count). The van der Waals surface area contributed by atoms with Crippen LogP contribution in [0.5, 0.6) is 0 Å². The van der Waals surface area contributed by atoms with Crippen LogP contribution >= 0.6 is 23.6 Å². The van der Waals surface area contributed by atoms with Crippen LogP contribution in [0.4, 0.5) is 5.69 Å². The van der Waals surface area contributed by atoms with E-state index in [9.17, 15) is 0 Å². The number of benzene rings is 1. The molecule has 112 valence electrons. The van der Waals surface area contributed by atoms with Crippen molar-refractivity contribution in [3.05, 3.63) is 34.7 Å². The fourth-order valence-corrected chi connectivity index (χ4v) is 3.09. The molecule has 2 aromatic rings. The first-order valence-corrected chi connectivity index (χ1v) is 8.47. The fraction of sp³-hybridized carbons (Fsp3) is 0.375. The molecule has 0 radical (unpaired) electrons. The maximum absolute atomic E-state index is 5.35. The highest BCUT2D eigenvalue weighted by atomic mass is 32.1. The van der Waals surface area contributed by atoms with Gasteiger partial charge in [0.05, 0.1) is 10.7 Å². The molecule has 0 fully saturated rings. The molecular weight excluding hydrogens is 298 g/mol. The van der Waals surface area contributed by atoms with Gasteiger partial charge in [0, 0.05) is 22.7 Å². The van der Waals surface area contributed by atoms with Gasteiger partial charge in [0.25, 0.3) is 0 Å². The normalized spacial score (nSPS) is 12.0. The lowest BCUT2D eigenvalue weighted by Gasteiger charge is -2.16. The summed E-state index contributed by atoms with van der Waals surface area (Å²) in [6.07, 6.45) is 2.26. The van der Waals surface area contributed by atoms with Crippen molar-refractivity contribution in [2.24, 2.45) is 0 Å². The van der Waals surface area contributed by atoms with E-state index in [0.717, 1.165) is 34.8 Å². The van der Waals surface area contributed by atoms with Crippen LogP contribution in [0.15, 0.2) is 29.6 Å². The summed E-state index contributed by atoms with van der Waals surface area (Å²) in [6.45, 7) is 6.34. The molecule has 0 aliphatic rings. The van der Waals surface area contributed by atoms with Crippen LogP contribution in [0.2, 0.25) is 0 Å². The lowest BCUT2D eigenvalue weighted by atomic mass is 10.1. The molecule has 2 N–H and O–H groups in total. The summed E-state index contributed by atoms with van der Waals surface area (Å²) in [5.74, 6) is 0. The van der Waals surface area contributed by atoms with Gasteiger partial charge in [0.1, 0.15) is 0 Å². The Morgan fingerprint density at radius 1 is 1.43 bits per heavy atom. The molecule has 1 aromatic heterocycles. The van der Waals surface area contributed by atoms with Gasteiger partial charge in [0.2, 0.25) is 0 Å². The van der Waals surface area contributed by atoms with Gasteiger partial charge in [-0.3, -0.25) is 0 Å². The van der Waals surface area contributed by atoms with Crippen molar-refractivity contribution in [1.82, 2.24) is 10.3 Å². The Labute approximate surface area is 135 Å². The summed E-state index contributed by atoms with van der Waals surface area (Å²) in [7, 11) is 0. The number of anilines is 1. The summed E-state index contributed by atoms with van der Waals surface area (Å²) in [5, 5.41) is 10.4. The predicted molar refractivity (Wildman–Crippen MR) is 96.0 cm³/mol. The quantitative estimate of drug-likeness (QED) is 0.790. The molecule has 1 atom stereocenters. The molecule has 3 nitrogen and oxygen atoms in total. The molecule has 0 aliphatic carbocycles. The largest absolute Gasteiger partial charge is 0.360 e. The summed E-state index contributed by atoms with van der Waals surface area (Å²) in [4.78, 5) is 4.52. The van der Waals surface area contributed by atoms with E-state index in [1.807, 2.05) is 19.1 Å². The molecule has 5 heteroatoms. The van der Waals surface area contributed by atoms with Crippen molar-refractivity contribution in [2.75, 3.05) is 5.32 Å². The highest BCUT2D eigenvalue weighted by Gasteiger charge is 2.06.